The molecule has 2 saturated heterocycles. The Balaban J connectivity index is 1.44. The monoisotopic (exact) mass is 382 g/mol. The van der Waals surface area contributed by atoms with E-state index >= 15 is 0 Å². The molecule has 0 N–H and O–H groups in total. The van der Waals surface area contributed by atoms with Crippen LogP contribution in [-0.2, 0) is 11.8 Å². The van der Waals surface area contributed by atoms with Crippen LogP contribution < -0.4 is 4.74 Å². The lowest BCUT2D eigenvalue weighted by molar-refractivity contribution is 0.0379. The van der Waals surface area contributed by atoms with Crippen LogP contribution in [-0.4, -0.2) is 77.0 Å². The highest BCUT2D eigenvalue weighted by Gasteiger charge is 2.44. The molecule has 0 aliphatic carbocycles. The number of rotatable bonds is 2. The summed E-state index contributed by atoms with van der Waals surface area (Å²) in [4.78, 5) is 17.5. The maximum atomic E-state index is 13.1. The van der Waals surface area contributed by atoms with Crippen LogP contribution in [0.15, 0.2) is 30.6 Å². The Morgan fingerprint density at radius 1 is 1.11 bits per heavy atom. The highest BCUT2D eigenvalue weighted by molar-refractivity contribution is 5.98. The maximum Gasteiger partial charge on any atom is 0.257 e. The Labute approximate surface area is 164 Å². The molecule has 148 valence electrons. The van der Waals surface area contributed by atoms with Gasteiger partial charge in [-0.25, -0.2) is 0 Å². The molecule has 0 radical (unpaired) electrons. The number of likely N-dealkylation sites (tertiary alicyclic amines) is 1. The molecule has 0 spiro atoms. The Morgan fingerprint density at radius 3 is 2.68 bits per heavy atom. The van der Waals surface area contributed by atoms with E-state index in [9.17, 15) is 4.79 Å². The minimum absolute atomic E-state index is 0.0119. The molecular formula is C21H26N4O3. The summed E-state index contributed by atoms with van der Waals surface area (Å²) in [5.74, 6) is 0.716. The maximum absolute atomic E-state index is 13.1. The standard InChI is InChI=1S/C21H26N4O3/c1-23-11-15(10-22-23)14-3-4-17-19(9-14)28-20-13-25(16-5-7-27-8-6-16)12-18(20)24(2)21(17)26/h3-4,9-11,16,18,20H,5-8,12-13H2,1-2H3/t18-,20+/m1/s1. The molecule has 4 heterocycles. The van der Waals surface area contributed by atoms with E-state index in [0.29, 0.717) is 17.4 Å². The molecule has 5 rings (SSSR count). The van der Waals surface area contributed by atoms with Crippen molar-refractivity contribution in [1.29, 1.82) is 0 Å². The summed E-state index contributed by atoms with van der Waals surface area (Å²) < 4.78 is 13.7. The lowest BCUT2D eigenvalue weighted by Crippen LogP contribution is -2.44. The fraction of sp³-hybridized carbons (Fsp3) is 0.524. The zero-order valence-electron chi connectivity index (χ0n) is 16.4. The number of hydrogen-bond acceptors (Lipinski definition) is 5. The number of hydrogen-bond donors (Lipinski definition) is 0. The van der Waals surface area contributed by atoms with Gasteiger partial charge in [0, 0.05) is 58.2 Å². The fourth-order valence-electron chi connectivity index (χ4n) is 4.67. The van der Waals surface area contributed by atoms with Crippen LogP contribution in [0.3, 0.4) is 0 Å². The molecule has 0 unspecified atom stereocenters. The number of aryl methyl sites for hydroxylation is 1. The van der Waals surface area contributed by atoms with Crippen LogP contribution in [0, 0.1) is 0 Å². The van der Waals surface area contributed by atoms with Gasteiger partial charge in [-0.2, -0.15) is 5.10 Å². The summed E-state index contributed by atoms with van der Waals surface area (Å²) in [7, 11) is 3.80. The van der Waals surface area contributed by atoms with Crippen LogP contribution in [0.4, 0.5) is 0 Å². The van der Waals surface area contributed by atoms with E-state index in [4.69, 9.17) is 9.47 Å². The highest BCUT2D eigenvalue weighted by Crippen LogP contribution is 2.35. The van der Waals surface area contributed by atoms with Crippen molar-refractivity contribution in [2.75, 3.05) is 33.4 Å². The molecule has 28 heavy (non-hydrogen) atoms. The third-order valence-electron chi connectivity index (χ3n) is 6.32. The normalized spacial score (nSPS) is 25.9. The number of amides is 1. The number of carbonyl (C=O) groups is 1. The van der Waals surface area contributed by atoms with E-state index < -0.39 is 0 Å². The van der Waals surface area contributed by atoms with Gasteiger partial charge in [0.2, 0.25) is 0 Å². The molecule has 0 bridgehead atoms. The van der Waals surface area contributed by atoms with E-state index in [1.165, 1.54) is 0 Å². The first-order chi connectivity index (χ1) is 13.6. The van der Waals surface area contributed by atoms with Crippen LogP contribution >= 0.6 is 0 Å². The van der Waals surface area contributed by atoms with E-state index in [2.05, 4.69) is 10.00 Å². The Hall–Kier alpha value is -2.38. The van der Waals surface area contributed by atoms with Gasteiger partial charge in [0.1, 0.15) is 11.9 Å². The first-order valence-electron chi connectivity index (χ1n) is 9.99. The molecule has 2 atom stereocenters. The van der Waals surface area contributed by atoms with Crippen LogP contribution in [0.25, 0.3) is 11.1 Å². The van der Waals surface area contributed by atoms with E-state index in [0.717, 1.165) is 50.3 Å². The van der Waals surface area contributed by atoms with Crippen molar-refractivity contribution in [3.63, 3.8) is 0 Å². The van der Waals surface area contributed by atoms with Crippen LogP contribution in [0.5, 0.6) is 5.75 Å². The highest BCUT2D eigenvalue weighted by atomic mass is 16.5. The quantitative estimate of drug-likeness (QED) is 0.793. The van der Waals surface area contributed by atoms with Gasteiger partial charge in [-0.3, -0.25) is 14.4 Å². The molecular weight excluding hydrogens is 356 g/mol. The third-order valence-corrected chi connectivity index (χ3v) is 6.32. The molecule has 1 amide bonds. The van der Waals surface area contributed by atoms with Gasteiger partial charge in [0.15, 0.2) is 0 Å². The average Bonchev–Trinajstić information content (AvgIpc) is 3.32. The second-order valence-electron chi connectivity index (χ2n) is 8.05. The summed E-state index contributed by atoms with van der Waals surface area (Å²) in [6.45, 7) is 3.36. The average molecular weight is 382 g/mol. The molecule has 3 aliphatic heterocycles. The SMILES string of the molecule is CN1C(=O)c2ccc(-c3cnn(C)c3)cc2O[C@H]2CN(C3CCOCC3)C[C@H]21. The van der Waals surface area contributed by atoms with Crippen molar-refractivity contribution in [1.82, 2.24) is 19.6 Å². The molecule has 7 heteroatoms. The molecule has 2 aromatic rings. The number of fused-ring (bicyclic) bond motifs is 2. The lowest BCUT2D eigenvalue weighted by Gasteiger charge is -2.31. The van der Waals surface area contributed by atoms with Crippen molar-refractivity contribution in [3.05, 3.63) is 36.2 Å². The summed E-state index contributed by atoms with van der Waals surface area (Å²) in [6.07, 6.45) is 5.90. The second-order valence-corrected chi connectivity index (χ2v) is 8.05. The summed E-state index contributed by atoms with van der Waals surface area (Å²) in [5, 5.41) is 4.25. The Morgan fingerprint density at radius 2 is 1.93 bits per heavy atom. The van der Waals surface area contributed by atoms with Gasteiger partial charge >= 0.3 is 0 Å². The number of ether oxygens (including phenoxy) is 2. The number of carbonyl (C=O) groups excluding carboxylic acids is 1. The minimum atomic E-state index is -0.0119. The minimum Gasteiger partial charge on any atom is -0.486 e. The molecule has 0 saturated carbocycles. The largest absolute Gasteiger partial charge is 0.486 e. The van der Waals surface area contributed by atoms with Crippen molar-refractivity contribution in [3.8, 4) is 16.9 Å². The molecule has 1 aromatic carbocycles. The topological polar surface area (TPSA) is 59.8 Å². The van der Waals surface area contributed by atoms with Gasteiger partial charge < -0.3 is 14.4 Å². The van der Waals surface area contributed by atoms with E-state index in [1.54, 1.807) is 4.68 Å². The number of aromatic nitrogens is 2. The summed E-state index contributed by atoms with van der Waals surface area (Å²) in [5.41, 5.74) is 2.67. The lowest BCUT2D eigenvalue weighted by atomic mass is 10.1. The molecule has 1 aromatic heterocycles. The van der Waals surface area contributed by atoms with E-state index in [1.807, 2.05) is 49.6 Å². The smallest absolute Gasteiger partial charge is 0.257 e. The van der Waals surface area contributed by atoms with Crippen LogP contribution in [0.2, 0.25) is 0 Å². The first-order valence-corrected chi connectivity index (χ1v) is 9.99. The van der Waals surface area contributed by atoms with Gasteiger partial charge in [0.25, 0.3) is 5.91 Å². The van der Waals surface area contributed by atoms with Gasteiger partial charge in [-0.15, -0.1) is 0 Å². The predicted molar refractivity (Wildman–Crippen MR) is 104 cm³/mol. The van der Waals surface area contributed by atoms with Crippen molar-refractivity contribution < 1.29 is 14.3 Å². The van der Waals surface area contributed by atoms with Crippen LogP contribution in [0.1, 0.15) is 23.2 Å². The van der Waals surface area contributed by atoms with Crippen molar-refractivity contribution >= 4 is 5.91 Å². The molecule has 2 fully saturated rings. The number of likely N-dealkylation sites (N-methyl/N-ethyl adjacent to an activating group) is 1. The fourth-order valence-corrected chi connectivity index (χ4v) is 4.67. The van der Waals surface area contributed by atoms with Gasteiger partial charge in [0.05, 0.1) is 17.8 Å². The zero-order valence-corrected chi connectivity index (χ0v) is 16.4. The number of nitrogens with zero attached hydrogens (tertiary/aromatic N) is 4. The Bertz CT molecular complexity index is 890. The Kier molecular flexibility index (Phi) is 4.36. The first kappa shape index (κ1) is 17.7. The van der Waals surface area contributed by atoms with Crippen molar-refractivity contribution in [2.24, 2.45) is 7.05 Å². The second kappa shape index (κ2) is 6.90. The number of benzene rings is 1. The van der Waals surface area contributed by atoms with Crippen molar-refractivity contribution in [2.45, 2.75) is 31.0 Å². The van der Waals surface area contributed by atoms with Gasteiger partial charge in [-0.1, -0.05) is 6.07 Å². The van der Waals surface area contributed by atoms with E-state index in [-0.39, 0.29) is 18.1 Å². The summed E-state index contributed by atoms with van der Waals surface area (Å²) in [6, 6.07) is 6.43. The molecule has 3 aliphatic rings. The zero-order chi connectivity index (χ0) is 19.3. The summed E-state index contributed by atoms with van der Waals surface area (Å²) >= 11 is 0. The predicted octanol–water partition coefficient (Wildman–Crippen LogP) is 1.78. The third kappa shape index (κ3) is 2.99. The molecule has 7 nitrogen and oxygen atoms in total. The van der Waals surface area contributed by atoms with Gasteiger partial charge in [-0.05, 0) is 30.5 Å².